The van der Waals surface area contributed by atoms with E-state index >= 15 is 0 Å². The molecule has 0 aromatic carbocycles. The summed E-state index contributed by atoms with van der Waals surface area (Å²) < 4.78 is 11.7. The molecule has 5 nitrogen and oxygen atoms in total. The van der Waals surface area contributed by atoms with Crippen LogP contribution in [0, 0.1) is 58.2 Å². The van der Waals surface area contributed by atoms with Gasteiger partial charge in [-0.05, 0) is 104 Å². The Hall–Kier alpha value is 0.0900. The summed E-state index contributed by atoms with van der Waals surface area (Å²) in [6.07, 6.45) is 8.25. The van der Waals surface area contributed by atoms with Crippen molar-refractivity contribution in [1.29, 1.82) is 0 Å². The van der Waals surface area contributed by atoms with E-state index < -0.39 is 29.0 Å². The second-order valence-corrected chi connectivity index (χ2v) is 14.9. The maximum Gasteiger partial charge on any atom is 0.167 e. The van der Waals surface area contributed by atoms with Crippen molar-refractivity contribution in [1.82, 2.24) is 0 Å². The molecule has 0 aromatic heterocycles. The highest BCUT2D eigenvalue weighted by Crippen LogP contribution is 2.69. The molecule has 214 valence electrons. The monoisotopic (exact) mass is 540 g/mol. The van der Waals surface area contributed by atoms with Gasteiger partial charge in [0.15, 0.2) is 5.79 Å². The van der Waals surface area contributed by atoms with E-state index in [1.54, 1.807) is 14.2 Å². The summed E-state index contributed by atoms with van der Waals surface area (Å²) in [6, 6.07) is 0. The van der Waals surface area contributed by atoms with Crippen molar-refractivity contribution >= 4 is 11.6 Å². The molecule has 37 heavy (non-hydrogen) atoms. The number of hydrogen-bond acceptors (Lipinski definition) is 5. The Morgan fingerprint density at radius 2 is 1.70 bits per heavy atom. The van der Waals surface area contributed by atoms with E-state index in [9.17, 15) is 15.3 Å². The SMILES string of the molecule is COC1(OC)CCC2(C)C(CCC3C2CC(O)C2(C)C3CCC2C(O)(CCl)C(O)CC(C)C2CC2C)C1. The van der Waals surface area contributed by atoms with Gasteiger partial charge in [-0.2, -0.15) is 0 Å². The standard InChI is InChI=1S/C31H53ClO5/c1-18-13-22(18)19(2)14-27(34)31(35,17-32)25-10-9-23-21-8-7-20-16-30(36-5,37-6)12-11-28(20,3)24(21)15-26(33)29(23,25)4/h18-27,33-35H,7-17H2,1-6H3. The normalized spacial score (nSPS) is 49.8. The smallest absolute Gasteiger partial charge is 0.167 e. The number of fused-ring (bicyclic) bond motifs is 5. The zero-order chi connectivity index (χ0) is 27.0. The lowest BCUT2D eigenvalue weighted by Crippen LogP contribution is -2.63. The van der Waals surface area contributed by atoms with Crippen LogP contribution in [0.4, 0.5) is 0 Å². The molecule has 0 bridgehead atoms. The van der Waals surface area contributed by atoms with Crippen molar-refractivity contribution < 1.29 is 24.8 Å². The molecular formula is C31H53ClO5. The van der Waals surface area contributed by atoms with Crippen LogP contribution in [0.25, 0.3) is 0 Å². The lowest BCUT2D eigenvalue weighted by molar-refractivity contribution is -0.267. The van der Waals surface area contributed by atoms with Crippen molar-refractivity contribution in [2.75, 3.05) is 20.1 Å². The summed E-state index contributed by atoms with van der Waals surface area (Å²) in [5, 5.41) is 35.4. The molecule has 0 aromatic rings. The minimum Gasteiger partial charge on any atom is -0.393 e. The molecular weight excluding hydrogens is 488 g/mol. The van der Waals surface area contributed by atoms with Crippen LogP contribution >= 0.6 is 11.6 Å². The number of hydrogen-bond donors (Lipinski definition) is 3. The number of aliphatic hydroxyl groups excluding tert-OH is 2. The second kappa shape index (κ2) is 9.87. The van der Waals surface area contributed by atoms with Crippen molar-refractivity contribution in [2.24, 2.45) is 58.2 Å². The van der Waals surface area contributed by atoms with Crippen molar-refractivity contribution in [3.05, 3.63) is 0 Å². The van der Waals surface area contributed by atoms with Gasteiger partial charge in [0, 0.05) is 32.5 Å². The van der Waals surface area contributed by atoms with Crippen molar-refractivity contribution in [3.8, 4) is 0 Å². The third kappa shape index (κ3) is 4.27. The predicted molar refractivity (Wildman–Crippen MR) is 146 cm³/mol. The summed E-state index contributed by atoms with van der Waals surface area (Å²) in [4.78, 5) is 0. The molecule has 13 unspecified atom stereocenters. The number of halogens is 1. The molecule has 5 fully saturated rings. The molecule has 0 amide bonds. The summed E-state index contributed by atoms with van der Waals surface area (Å²) in [6.45, 7) is 9.15. The Kier molecular flexibility index (Phi) is 7.63. The van der Waals surface area contributed by atoms with Gasteiger partial charge in [-0.25, -0.2) is 0 Å². The molecule has 0 heterocycles. The van der Waals surface area contributed by atoms with Gasteiger partial charge in [0.1, 0.15) is 5.60 Å². The fourth-order valence-electron chi connectivity index (χ4n) is 10.7. The number of aliphatic hydroxyl groups is 3. The van der Waals surface area contributed by atoms with Crippen molar-refractivity contribution in [3.63, 3.8) is 0 Å². The molecule has 3 N–H and O–H groups in total. The van der Waals surface area contributed by atoms with Crippen molar-refractivity contribution in [2.45, 2.75) is 115 Å². The zero-order valence-corrected chi connectivity index (χ0v) is 24.8. The van der Waals surface area contributed by atoms with Crippen LogP contribution in [-0.4, -0.2) is 59.0 Å². The number of rotatable bonds is 8. The van der Waals surface area contributed by atoms with Crippen LogP contribution in [0.5, 0.6) is 0 Å². The largest absolute Gasteiger partial charge is 0.393 e. The first-order valence-corrected chi connectivity index (χ1v) is 15.7. The molecule has 6 heteroatoms. The Morgan fingerprint density at radius 3 is 2.30 bits per heavy atom. The molecule has 0 saturated heterocycles. The summed E-state index contributed by atoms with van der Waals surface area (Å²) >= 11 is 6.52. The Labute approximate surface area is 230 Å². The van der Waals surface area contributed by atoms with Crippen LogP contribution in [0.15, 0.2) is 0 Å². The first-order valence-electron chi connectivity index (χ1n) is 15.1. The topological polar surface area (TPSA) is 79.2 Å². The molecule has 5 aliphatic rings. The van der Waals surface area contributed by atoms with Gasteiger partial charge in [-0.3, -0.25) is 0 Å². The first-order chi connectivity index (χ1) is 17.4. The minimum absolute atomic E-state index is 0.0187. The number of alkyl halides is 1. The van der Waals surface area contributed by atoms with Gasteiger partial charge in [-0.15, -0.1) is 11.6 Å². The maximum atomic E-state index is 12.1. The molecule has 0 radical (unpaired) electrons. The average Bonchev–Trinajstić information content (AvgIpc) is 3.51. The van der Waals surface area contributed by atoms with E-state index in [-0.39, 0.29) is 17.2 Å². The molecule has 0 aliphatic heterocycles. The first kappa shape index (κ1) is 28.6. The molecule has 0 spiro atoms. The van der Waals surface area contributed by atoms with Crippen LogP contribution in [0.2, 0.25) is 0 Å². The van der Waals surface area contributed by atoms with Gasteiger partial charge >= 0.3 is 0 Å². The van der Waals surface area contributed by atoms with E-state index in [1.165, 1.54) is 12.8 Å². The zero-order valence-electron chi connectivity index (χ0n) is 24.1. The fraction of sp³-hybridized carbons (Fsp3) is 1.00. The lowest BCUT2D eigenvalue weighted by Gasteiger charge is -2.63. The third-order valence-electron chi connectivity index (χ3n) is 13.4. The predicted octanol–water partition coefficient (Wildman–Crippen LogP) is 5.62. The lowest BCUT2D eigenvalue weighted by atomic mass is 9.43. The molecule has 13 atom stereocenters. The summed E-state index contributed by atoms with van der Waals surface area (Å²) in [5.74, 6) is 2.98. The maximum absolute atomic E-state index is 12.1. The van der Waals surface area contributed by atoms with Gasteiger partial charge in [-0.1, -0.05) is 27.7 Å². The van der Waals surface area contributed by atoms with Gasteiger partial charge in [0.05, 0.1) is 18.1 Å². The molecule has 5 saturated carbocycles. The summed E-state index contributed by atoms with van der Waals surface area (Å²) in [7, 11) is 3.54. The van der Waals surface area contributed by atoms with E-state index in [4.69, 9.17) is 21.1 Å². The fourth-order valence-corrected chi connectivity index (χ4v) is 11.1. The third-order valence-corrected chi connectivity index (χ3v) is 13.8. The second-order valence-electron chi connectivity index (χ2n) is 14.7. The average molecular weight is 541 g/mol. The minimum atomic E-state index is -1.37. The van der Waals surface area contributed by atoms with Crippen LogP contribution < -0.4 is 0 Å². The Morgan fingerprint density at radius 1 is 1.03 bits per heavy atom. The Balaban J connectivity index is 1.37. The molecule has 5 rings (SSSR count). The van der Waals surface area contributed by atoms with Crippen LogP contribution in [0.1, 0.15) is 91.9 Å². The Bertz CT molecular complexity index is 834. The van der Waals surface area contributed by atoms with E-state index in [1.807, 2.05) is 0 Å². The van der Waals surface area contributed by atoms with Crippen LogP contribution in [0.3, 0.4) is 0 Å². The van der Waals surface area contributed by atoms with E-state index in [2.05, 4.69) is 27.7 Å². The highest BCUT2D eigenvalue weighted by molar-refractivity contribution is 6.18. The van der Waals surface area contributed by atoms with Gasteiger partial charge in [0.2, 0.25) is 0 Å². The number of methoxy groups -OCH3 is 2. The van der Waals surface area contributed by atoms with E-state index in [0.717, 1.165) is 44.9 Å². The number of ether oxygens (including phenoxy) is 2. The van der Waals surface area contributed by atoms with Gasteiger partial charge < -0.3 is 24.8 Å². The quantitative estimate of drug-likeness (QED) is 0.275. The highest BCUT2D eigenvalue weighted by Gasteiger charge is 2.67. The van der Waals surface area contributed by atoms with Gasteiger partial charge in [0.25, 0.3) is 0 Å². The van der Waals surface area contributed by atoms with Crippen LogP contribution in [-0.2, 0) is 9.47 Å². The molecule has 5 aliphatic carbocycles. The summed E-state index contributed by atoms with van der Waals surface area (Å²) in [5.41, 5.74) is -1.63. The van der Waals surface area contributed by atoms with E-state index in [0.29, 0.717) is 47.8 Å². The highest BCUT2D eigenvalue weighted by atomic mass is 35.5.